The molecule has 0 fully saturated rings. The van der Waals surface area contributed by atoms with E-state index in [-0.39, 0.29) is 27.7 Å². The van der Waals surface area contributed by atoms with Crippen molar-refractivity contribution in [1.82, 2.24) is 10.2 Å². The van der Waals surface area contributed by atoms with Crippen LogP contribution in [0.1, 0.15) is 12.5 Å². The number of benzene rings is 3. The molecule has 0 unspecified atom stereocenters. The molecule has 0 bridgehead atoms. The van der Waals surface area contributed by atoms with Gasteiger partial charge in [-0.25, -0.2) is 12.8 Å². The zero-order chi connectivity index (χ0) is 26.5. The number of rotatable bonds is 9. The fourth-order valence-corrected chi connectivity index (χ4v) is 5.21. The molecule has 11 heteroatoms. The van der Waals surface area contributed by atoms with Crippen LogP contribution in [0.15, 0.2) is 77.7 Å². The Balaban J connectivity index is 2.05. The summed E-state index contributed by atoms with van der Waals surface area (Å²) in [5.74, 6) is -1.76. The van der Waals surface area contributed by atoms with Crippen LogP contribution in [-0.4, -0.2) is 44.8 Å². The number of carbonyl (C=O) groups is 2. The molecule has 3 rings (SSSR count). The fourth-order valence-electron chi connectivity index (χ4n) is 3.50. The molecule has 0 saturated carbocycles. The van der Waals surface area contributed by atoms with E-state index in [2.05, 4.69) is 5.32 Å². The average Bonchev–Trinajstić information content (AvgIpc) is 2.85. The topological polar surface area (TPSA) is 86.8 Å². The predicted molar refractivity (Wildman–Crippen MR) is 138 cm³/mol. The molecule has 0 aliphatic rings. The minimum Gasteiger partial charge on any atom is -0.357 e. The molecule has 0 spiro atoms. The van der Waals surface area contributed by atoms with E-state index >= 15 is 0 Å². The second-order valence-electron chi connectivity index (χ2n) is 7.85. The van der Waals surface area contributed by atoms with Gasteiger partial charge in [-0.3, -0.25) is 13.9 Å². The summed E-state index contributed by atoms with van der Waals surface area (Å²) >= 11 is 12.0. The summed E-state index contributed by atoms with van der Waals surface area (Å²) < 4.78 is 42.5. The van der Waals surface area contributed by atoms with E-state index in [1.807, 2.05) is 0 Å². The third-order valence-electron chi connectivity index (χ3n) is 5.49. The van der Waals surface area contributed by atoms with E-state index in [1.54, 1.807) is 18.2 Å². The van der Waals surface area contributed by atoms with Gasteiger partial charge in [0.15, 0.2) is 0 Å². The third-order valence-corrected chi connectivity index (χ3v) is 7.76. The normalized spacial score (nSPS) is 12.0. The molecule has 2 amide bonds. The summed E-state index contributed by atoms with van der Waals surface area (Å²) in [7, 11) is -2.84. The Labute approximate surface area is 219 Å². The van der Waals surface area contributed by atoms with E-state index in [1.165, 1.54) is 68.6 Å². The first-order valence-electron chi connectivity index (χ1n) is 10.8. The highest BCUT2D eigenvalue weighted by atomic mass is 35.5. The average molecular weight is 552 g/mol. The largest absolute Gasteiger partial charge is 0.357 e. The number of amides is 2. The van der Waals surface area contributed by atoms with Gasteiger partial charge in [0.1, 0.15) is 18.4 Å². The van der Waals surface area contributed by atoms with Crippen LogP contribution in [0, 0.1) is 5.82 Å². The number of anilines is 1. The summed E-state index contributed by atoms with van der Waals surface area (Å²) in [5.41, 5.74) is 0.320. The van der Waals surface area contributed by atoms with Gasteiger partial charge in [0, 0.05) is 29.2 Å². The lowest BCUT2D eigenvalue weighted by Crippen LogP contribution is -2.50. The van der Waals surface area contributed by atoms with E-state index in [0.29, 0.717) is 5.02 Å². The van der Waals surface area contributed by atoms with E-state index in [0.717, 1.165) is 9.21 Å². The van der Waals surface area contributed by atoms with E-state index in [4.69, 9.17) is 23.2 Å². The lowest BCUT2D eigenvalue weighted by atomic mass is 10.1. The smallest absolute Gasteiger partial charge is 0.264 e. The van der Waals surface area contributed by atoms with Gasteiger partial charge in [-0.05, 0) is 55.5 Å². The molecule has 190 valence electrons. The first-order chi connectivity index (χ1) is 17.0. The quantitative estimate of drug-likeness (QED) is 0.424. The van der Waals surface area contributed by atoms with Crippen molar-refractivity contribution in [3.8, 4) is 0 Å². The first kappa shape index (κ1) is 27.4. The second kappa shape index (κ2) is 11.7. The Morgan fingerprint density at radius 3 is 2.25 bits per heavy atom. The van der Waals surface area contributed by atoms with Crippen molar-refractivity contribution in [2.45, 2.75) is 24.4 Å². The van der Waals surface area contributed by atoms with Crippen molar-refractivity contribution in [3.63, 3.8) is 0 Å². The number of hydrogen-bond donors (Lipinski definition) is 1. The Morgan fingerprint density at radius 2 is 1.64 bits per heavy atom. The van der Waals surface area contributed by atoms with Gasteiger partial charge in [-0.1, -0.05) is 47.5 Å². The Bertz CT molecular complexity index is 1350. The molecular formula is C25H24Cl2FN3O4S. The zero-order valence-electron chi connectivity index (χ0n) is 19.5. The molecule has 7 nitrogen and oxygen atoms in total. The monoisotopic (exact) mass is 551 g/mol. The molecule has 0 heterocycles. The molecule has 0 aliphatic heterocycles. The maximum Gasteiger partial charge on any atom is 0.264 e. The highest BCUT2D eigenvalue weighted by Gasteiger charge is 2.32. The van der Waals surface area contributed by atoms with Crippen LogP contribution in [0.25, 0.3) is 0 Å². The van der Waals surface area contributed by atoms with Crippen LogP contribution in [0.4, 0.5) is 10.1 Å². The number of nitrogens with one attached hydrogen (secondary N) is 1. The number of hydrogen-bond acceptors (Lipinski definition) is 4. The number of likely N-dealkylation sites (N-methyl/N-ethyl adjacent to an activating group) is 1. The van der Waals surface area contributed by atoms with Crippen molar-refractivity contribution in [2.75, 3.05) is 17.9 Å². The third kappa shape index (κ3) is 6.34. The Hall–Kier alpha value is -3.14. The van der Waals surface area contributed by atoms with Gasteiger partial charge in [0.25, 0.3) is 10.0 Å². The molecule has 0 radical (unpaired) electrons. The van der Waals surface area contributed by atoms with E-state index in [9.17, 15) is 22.4 Å². The molecular weight excluding hydrogens is 528 g/mol. The standard InChI is InChI=1S/C25H24Cl2FN3O4S/c1-17(25(33)29-2)30(15-18-6-3-4-9-23(18)28)24(32)16-31(21-8-5-7-20(27)14-21)36(34,35)22-12-10-19(26)11-13-22/h3-14,17H,15-16H2,1-2H3,(H,29,33)/t17-/m0/s1. The predicted octanol–water partition coefficient (Wildman–Crippen LogP) is 4.49. The molecule has 1 atom stereocenters. The molecule has 1 N–H and O–H groups in total. The minimum absolute atomic E-state index is 0.0975. The minimum atomic E-state index is -4.25. The molecule has 0 aromatic heterocycles. The summed E-state index contributed by atoms with van der Waals surface area (Å²) in [5, 5.41) is 3.07. The molecule has 36 heavy (non-hydrogen) atoms. The number of carbonyl (C=O) groups excluding carboxylic acids is 2. The Morgan fingerprint density at radius 1 is 0.972 bits per heavy atom. The van der Waals surface area contributed by atoms with Crippen LogP contribution < -0.4 is 9.62 Å². The molecule has 3 aromatic carbocycles. The van der Waals surface area contributed by atoms with Crippen molar-refractivity contribution < 1.29 is 22.4 Å². The number of sulfonamides is 1. The van der Waals surface area contributed by atoms with Crippen molar-refractivity contribution in [2.24, 2.45) is 0 Å². The maximum absolute atomic E-state index is 14.4. The highest BCUT2D eigenvalue weighted by Crippen LogP contribution is 2.27. The zero-order valence-corrected chi connectivity index (χ0v) is 21.8. The van der Waals surface area contributed by atoms with Crippen LogP contribution in [0.5, 0.6) is 0 Å². The summed E-state index contributed by atoms with van der Waals surface area (Å²) in [6, 6.07) is 16.3. The van der Waals surface area contributed by atoms with Crippen molar-refractivity contribution >= 4 is 50.7 Å². The van der Waals surface area contributed by atoms with Crippen LogP contribution in [0.2, 0.25) is 10.0 Å². The maximum atomic E-state index is 14.4. The van der Waals surface area contributed by atoms with Crippen molar-refractivity contribution in [3.05, 3.63) is 94.2 Å². The fraction of sp³-hybridized carbons (Fsp3) is 0.200. The highest BCUT2D eigenvalue weighted by molar-refractivity contribution is 7.92. The van der Waals surface area contributed by atoms with Crippen LogP contribution >= 0.6 is 23.2 Å². The first-order valence-corrected chi connectivity index (χ1v) is 13.0. The molecule has 3 aromatic rings. The summed E-state index contributed by atoms with van der Waals surface area (Å²) in [4.78, 5) is 27.0. The SMILES string of the molecule is CNC(=O)[C@H](C)N(Cc1ccccc1F)C(=O)CN(c1cccc(Cl)c1)S(=O)(=O)c1ccc(Cl)cc1. The van der Waals surface area contributed by atoms with Gasteiger partial charge in [-0.15, -0.1) is 0 Å². The number of halogens is 3. The lowest BCUT2D eigenvalue weighted by molar-refractivity contribution is -0.139. The van der Waals surface area contributed by atoms with Gasteiger partial charge in [0.05, 0.1) is 10.6 Å². The molecule has 0 saturated heterocycles. The number of nitrogens with zero attached hydrogens (tertiary/aromatic N) is 2. The van der Waals surface area contributed by atoms with Crippen LogP contribution in [0.3, 0.4) is 0 Å². The lowest BCUT2D eigenvalue weighted by Gasteiger charge is -2.31. The van der Waals surface area contributed by atoms with Gasteiger partial charge in [-0.2, -0.15) is 0 Å². The summed E-state index contributed by atoms with van der Waals surface area (Å²) in [6.07, 6.45) is 0. The summed E-state index contributed by atoms with van der Waals surface area (Å²) in [6.45, 7) is 0.570. The van der Waals surface area contributed by atoms with E-state index < -0.39 is 40.2 Å². The Kier molecular flexibility index (Phi) is 8.94. The second-order valence-corrected chi connectivity index (χ2v) is 10.6. The van der Waals surface area contributed by atoms with Gasteiger partial charge in [0.2, 0.25) is 11.8 Å². The van der Waals surface area contributed by atoms with Gasteiger partial charge >= 0.3 is 0 Å². The van der Waals surface area contributed by atoms with Crippen molar-refractivity contribution in [1.29, 1.82) is 0 Å². The molecule has 0 aliphatic carbocycles. The van der Waals surface area contributed by atoms with Crippen LogP contribution in [-0.2, 0) is 26.2 Å². The van der Waals surface area contributed by atoms with Gasteiger partial charge < -0.3 is 10.2 Å².